The van der Waals surface area contributed by atoms with Gasteiger partial charge in [0, 0.05) is 13.2 Å². The highest BCUT2D eigenvalue weighted by Crippen LogP contribution is 2.29. The summed E-state index contributed by atoms with van der Waals surface area (Å²) in [4.78, 5) is 12.6. The van der Waals surface area contributed by atoms with Gasteiger partial charge in [0.25, 0.3) is 0 Å². The Morgan fingerprint density at radius 1 is 0.885 bits per heavy atom. The zero-order valence-corrected chi connectivity index (χ0v) is 15.3. The third-order valence-electron chi connectivity index (χ3n) is 3.62. The Morgan fingerprint density at radius 2 is 1.65 bits per heavy atom. The van der Waals surface area contributed by atoms with Crippen molar-refractivity contribution in [2.24, 2.45) is 0 Å². The van der Waals surface area contributed by atoms with Crippen LogP contribution in [-0.2, 0) is 4.74 Å². The third-order valence-corrected chi connectivity index (χ3v) is 3.62. The van der Waals surface area contributed by atoms with E-state index in [1.54, 1.807) is 57.7 Å². The lowest BCUT2D eigenvalue weighted by Crippen LogP contribution is -2.05. The maximum atomic E-state index is 12.6. The molecular formula is C20H22O6. The Hall–Kier alpha value is -2.99. The summed E-state index contributed by atoms with van der Waals surface area (Å²) < 4.78 is 26.0. The number of ketones is 1. The van der Waals surface area contributed by atoms with Gasteiger partial charge in [-0.2, -0.15) is 0 Å². The largest absolute Gasteiger partial charge is 0.497 e. The first kappa shape index (κ1) is 19.3. The molecule has 0 atom stereocenters. The lowest BCUT2D eigenvalue weighted by atomic mass is 10.1. The van der Waals surface area contributed by atoms with Gasteiger partial charge < -0.3 is 23.7 Å². The minimum absolute atomic E-state index is 0.0346. The predicted octanol–water partition coefficient (Wildman–Crippen LogP) is 3.59. The van der Waals surface area contributed by atoms with Crippen molar-refractivity contribution in [3.05, 3.63) is 53.6 Å². The molecule has 0 aromatic heterocycles. The van der Waals surface area contributed by atoms with E-state index in [1.165, 1.54) is 13.2 Å². The number of carbonyl (C=O) groups excluding carboxylic acids is 1. The number of allylic oxidation sites excluding steroid dienone is 1. The van der Waals surface area contributed by atoms with E-state index < -0.39 is 0 Å². The number of rotatable bonds is 9. The fourth-order valence-corrected chi connectivity index (χ4v) is 2.29. The average molecular weight is 358 g/mol. The molecule has 0 N–H and O–H groups in total. The van der Waals surface area contributed by atoms with Crippen molar-refractivity contribution in [1.29, 1.82) is 0 Å². The first-order chi connectivity index (χ1) is 12.6. The minimum atomic E-state index is -0.200. The van der Waals surface area contributed by atoms with Crippen molar-refractivity contribution in [3.8, 4) is 23.0 Å². The standard InChI is InChI=1S/C20H22O6/c1-22-13-26-19-12-15(23-2)7-8-16(19)17(21)9-5-14-6-10-18(24-3)20(11-14)25-4/h5-12H,13H2,1-4H3/b9-5+. The Balaban J connectivity index is 2.25. The van der Waals surface area contributed by atoms with Gasteiger partial charge in [-0.25, -0.2) is 0 Å². The molecule has 0 saturated heterocycles. The SMILES string of the molecule is COCOc1cc(OC)ccc1C(=O)/C=C/c1ccc(OC)c(OC)c1. The molecular weight excluding hydrogens is 336 g/mol. The second-order valence-electron chi connectivity index (χ2n) is 5.22. The normalized spacial score (nSPS) is 10.6. The van der Waals surface area contributed by atoms with Gasteiger partial charge in [0.1, 0.15) is 11.5 Å². The molecule has 0 aliphatic heterocycles. The smallest absolute Gasteiger partial charge is 0.189 e. The average Bonchev–Trinajstić information content (AvgIpc) is 2.69. The van der Waals surface area contributed by atoms with Crippen LogP contribution in [0, 0.1) is 0 Å². The highest BCUT2D eigenvalue weighted by molar-refractivity contribution is 6.08. The maximum Gasteiger partial charge on any atom is 0.189 e. The molecule has 2 rings (SSSR count). The summed E-state index contributed by atoms with van der Waals surface area (Å²) in [7, 11) is 6.20. The first-order valence-corrected chi connectivity index (χ1v) is 7.87. The van der Waals surface area contributed by atoms with Crippen molar-refractivity contribution >= 4 is 11.9 Å². The van der Waals surface area contributed by atoms with Crippen LogP contribution < -0.4 is 18.9 Å². The van der Waals surface area contributed by atoms with Gasteiger partial charge in [-0.1, -0.05) is 12.1 Å². The second kappa shape index (κ2) is 9.48. The van der Waals surface area contributed by atoms with E-state index >= 15 is 0 Å². The lowest BCUT2D eigenvalue weighted by molar-refractivity contribution is 0.0502. The number of hydrogen-bond acceptors (Lipinski definition) is 6. The van der Waals surface area contributed by atoms with Gasteiger partial charge >= 0.3 is 0 Å². The van der Waals surface area contributed by atoms with Gasteiger partial charge in [0.15, 0.2) is 24.1 Å². The molecule has 0 spiro atoms. The number of hydrogen-bond donors (Lipinski definition) is 0. The third kappa shape index (κ3) is 4.77. The number of ether oxygens (including phenoxy) is 5. The lowest BCUT2D eigenvalue weighted by Gasteiger charge is -2.10. The van der Waals surface area contributed by atoms with Crippen LogP contribution in [0.4, 0.5) is 0 Å². The zero-order valence-electron chi connectivity index (χ0n) is 15.3. The minimum Gasteiger partial charge on any atom is -0.497 e. The monoisotopic (exact) mass is 358 g/mol. The fourth-order valence-electron chi connectivity index (χ4n) is 2.29. The van der Waals surface area contributed by atoms with Gasteiger partial charge in [0.05, 0.1) is 26.9 Å². The molecule has 0 bridgehead atoms. The van der Waals surface area contributed by atoms with Crippen LogP contribution in [0.2, 0.25) is 0 Å². The topological polar surface area (TPSA) is 63.2 Å². The van der Waals surface area contributed by atoms with Gasteiger partial charge in [-0.3, -0.25) is 4.79 Å². The van der Waals surface area contributed by atoms with E-state index in [2.05, 4.69) is 0 Å². The molecule has 2 aromatic carbocycles. The van der Waals surface area contributed by atoms with E-state index in [1.807, 2.05) is 6.07 Å². The van der Waals surface area contributed by atoms with Crippen molar-refractivity contribution in [2.75, 3.05) is 35.2 Å². The van der Waals surface area contributed by atoms with Crippen LogP contribution in [0.5, 0.6) is 23.0 Å². The molecule has 0 radical (unpaired) electrons. The number of methoxy groups -OCH3 is 4. The number of carbonyl (C=O) groups is 1. The van der Waals surface area contributed by atoms with Crippen molar-refractivity contribution in [2.45, 2.75) is 0 Å². The zero-order chi connectivity index (χ0) is 18.9. The van der Waals surface area contributed by atoms with Crippen LogP contribution in [0.1, 0.15) is 15.9 Å². The van der Waals surface area contributed by atoms with E-state index in [4.69, 9.17) is 23.7 Å². The van der Waals surface area contributed by atoms with E-state index in [9.17, 15) is 4.79 Å². The molecule has 6 heteroatoms. The fraction of sp³-hybridized carbons (Fsp3) is 0.250. The van der Waals surface area contributed by atoms with E-state index in [-0.39, 0.29) is 12.6 Å². The molecule has 26 heavy (non-hydrogen) atoms. The summed E-state index contributed by atoms with van der Waals surface area (Å²) in [5.74, 6) is 2.01. The Morgan fingerprint density at radius 3 is 2.31 bits per heavy atom. The van der Waals surface area contributed by atoms with Gasteiger partial charge in [-0.05, 0) is 35.9 Å². The molecule has 6 nitrogen and oxygen atoms in total. The molecule has 0 saturated carbocycles. The first-order valence-electron chi connectivity index (χ1n) is 7.87. The van der Waals surface area contributed by atoms with Crippen LogP contribution in [-0.4, -0.2) is 41.0 Å². The highest BCUT2D eigenvalue weighted by Gasteiger charge is 2.12. The predicted molar refractivity (Wildman–Crippen MR) is 98.4 cm³/mol. The summed E-state index contributed by atoms with van der Waals surface area (Å²) >= 11 is 0. The molecule has 0 amide bonds. The van der Waals surface area contributed by atoms with E-state index in [0.717, 1.165) is 5.56 Å². The van der Waals surface area contributed by atoms with Gasteiger partial charge in [0.2, 0.25) is 0 Å². The van der Waals surface area contributed by atoms with Crippen LogP contribution in [0.15, 0.2) is 42.5 Å². The summed E-state index contributed by atoms with van der Waals surface area (Å²) in [5, 5.41) is 0. The second-order valence-corrected chi connectivity index (χ2v) is 5.22. The molecule has 138 valence electrons. The molecule has 0 aliphatic carbocycles. The quantitative estimate of drug-likeness (QED) is 0.388. The molecule has 0 unspecified atom stereocenters. The summed E-state index contributed by atoms with van der Waals surface area (Å²) in [6.07, 6.45) is 3.18. The Labute approximate surface area is 152 Å². The van der Waals surface area contributed by atoms with Crippen molar-refractivity contribution in [1.82, 2.24) is 0 Å². The van der Waals surface area contributed by atoms with Crippen molar-refractivity contribution in [3.63, 3.8) is 0 Å². The van der Waals surface area contributed by atoms with Crippen molar-refractivity contribution < 1.29 is 28.5 Å². The van der Waals surface area contributed by atoms with Crippen LogP contribution in [0.25, 0.3) is 6.08 Å². The van der Waals surface area contributed by atoms with E-state index in [0.29, 0.717) is 28.6 Å². The van der Waals surface area contributed by atoms with Gasteiger partial charge in [-0.15, -0.1) is 0 Å². The molecule has 0 heterocycles. The van der Waals surface area contributed by atoms with Crippen LogP contribution in [0.3, 0.4) is 0 Å². The highest BCUT2D eigenvalue weighted by atomic mass is 16.7. The summed E-state index contributed by atoms with van der Waals surface area (Å²) in [6, 6.07) is 10.4. The molecule has 0 fully saturated rings. The summed E-state index contributed by atoms with van der Waals surface area (Å²) in [6.45, 7) is 0.0346. The Kier molecular flexibility index (Phi) is 7.05. The Bertz CT molecular complexity index is 782. The molecule has 2 aromatic rings. The number of benzene rings is 2. The molecule has 0 aliphatic rings. The van der Waals surface area contributed by atoms with Crippen LogP contribution >= 0.6 is 0 Å². The maximum absolute atomic E-state index is 12.6. The summed E-state index contributed by atoms with van der Waals surface area (Å²) in [5.41, 5.74) is 1.23.